The van der Waals surface area contributed by atoms with Crippen molar-refractivity contribution >= 4 is 23.4 Å². The molecule has 1 amide bonds. The largest absolute Gasteiger partial charge is 0.507 e. The van der Waals surface area contributed by atoms with Crippen molar-refractivity contribution in [2.45, 2.75) is 53.1 Å². The van der Waals surface area contributed by atoms with Gasteiger partial charge in [0.2, 0.25) is 0 Å². The number of ether oxygens (including phenoxy) is 1. The summed E-state index contributed by atoms with van der Waals surface area (Å²) in [5, 5.41) is 11.5. The number of carbonyl (C=O) groups is 3. The van der Waals surface area contributed by atoms with Crippen LogP contribution in [0.25, 0.3) is 5.76 Å². The van der Waals surface area contributed by atoms with Gasteiger partial charge in [-0.25, -0.2) is 4.79 Å². The number of carbonyl (C=O) groups excluding carboxylic acids is 3. The van der Waals surface area contributed by atoms with Crippen molar-refractivity contribution in [3.63, 3.8) is 0 Å². The Bertz CT molecular complexity index is 1370. The number of hydrogen-bond acceptors (Lipinski definition) is 6. The Morgan fingerprint density at radius 3 is 2.46 bits per heavy atom. The fourth-order valence-electron chi connectivity index (χ4n) is 4.79. The summed E-state index contributed by atoms with van der Waals surface area (Å²) in [7, 11) is 0. The van der Waals surface area contributed by atoms with Gasteiger partial charge in [0.25, 0.3) is 11.7 Å². The quantitative estimate of drug-likeness (QED) is 0.205. The number of aliphatic hydroxyl groups excluding tert-OH is 1. The van der Waals surface area contributed by atoms with E-state index < -0.39 is 23.7 Å². The summed E-state index contributed by atoms with van der Waals surface area (Å²) in [6.45, 7) is 9.59. The van der Waals surface area contributed by atoms with Crippen LogP contribution in [0.2, 0.25) is 0 Å². The highest BCUT2D eigenvalue weighted by molar-refractivity contribution is 6.46. The molecule has 8 nitrogen and oxygen atoms in total. The zero-order valence-electron chi connectivity index (χ0n) is 21.7. The zero-order chi connectivity index (χ0) is 26.9. The van der Waals surface area contributed by atoms with Crippen molar-refractivity contribution in [3.05, 3.63) is 93.6 Å². The highest BCUT2D eigenvalue weighted by Gasteiger charge is 2.46. The fourth-order valence-corrected chi connectivity index (χ4v) is 4.79. The van der Waals surface area contributed by atoms with E-state index in [0.29, 0.717) is 28.3 Å². The number of ketones is 1. The van der Waals surface area contributed by atoms with Gasteiger partial charge in [-0.3, -0.25) is 14.6 Å². The van der Waals surface area contributed by atoms with Gasteiger partial charge in [0.05, 0.1) is 18.2 Å². The van der Waals surface area contributed by atoms with Gasteiger partial charge in [-0.15, -0.1) is 0 Å². The summed E-state index contributed by atoms with van der Waals surface area (Å²) in [6.07, 6.45) is 3.28. The number of rotatable bonds is 7. The first kappa shape index (κ1) is 25.9. The van der Waals surface area contributed by atoms with E-state index in [4.69, 9.17) is 4.74 Å². The molecular weight excluding hydrogens is 470 g/mol. The molecule has 192 valence electrons. The summed E-state index contributed by atoms with van der Waals surface area (Å²) < 4.78 is 5.12. The summed E-state index contributed by atoms with van der Waals surface area (Å²) in [5.41, 5.74) is 3.99. The van der Waals surface area contributed by atoms with Crippen LogP contribution in [0.5, 0.6) is 0 Å². The number of hydrogen-bond donors (Lipinski definition) is 2. The molecule has 0 spiro atoms. The van der Waals surface area contributed by atoms with E-state index in [0.717, 1.165) is 11.1 Å². The number of aryl methyl sites for hydroxylation is 1. The lowest BCUT2D eigenvalue weighted by molar-refractivity contribution is -0.140. The van der Waals surface area contributed by atoms with Crippen LogP contribution in [0.3, 0.4) is 0 Å². The number of aromatic nitrogens is 2. The van der Waals surface area contributed by atoms with Crippen LogP contribution in [0.1, 0.15) is 76.7 Å². The van der Waals surface area contributed by atoms with Gasteiger partial charge in [-0.05, 0) is 55.0 Å². The monoisotopic (exact) mass is 501 g/mol. The molecule has 1 atom stereocenters. The number of aliphatic hydroxyl groups is 1. The third kappa shape index (κ3) is 4.79. The molecule has 1 aromatic carbocycles. The van der Waals surface area contributed by atoms with E-state index in [-0.39, 0.29) is 30.2 Å². The average Bonchev–Trinajstić information content (AvgIpc) is 3.32. The Hall–Kier alpha value is -4.20. The normalized spacial score (nSPS) is 17.0. The molecule has 0 radical (unpaired) electrons. The maximum absolute atomic E-state index is 13.4. The Morgan fingerprint density at radius 2 is 1.86 bits per heavy atom. The van der Waals surface area contributed by atoms with E-state index in [1.165, 1.54) is 4.90 Å². The topological polar surface area (TPSA) is 113 Å². The minimum absolute atomic E-state index is 0.0215. The smallest absolute Gasteiger partial charge is 0.355 e. The maximum Gasteiger partial charge on any atom is 0.355 e. The van der Waals surface area contributed by atoms with Crippen molar-refractivity contribution < 1.29 is 24.2 Å². The number of likely N-dealkylation sites (tertiary alicyclic amines) is 1. The van der Waals surface area contributed by atoms with Crippen LogP contribution in [0.15, 0.2) is 54.4 Å². The predicted octanol–water partition coefficient (Wildman–Crippen LogP) is 4.95. The number of benzene rings is 1. The molecule has 2 N–H and O–H groups in total. The molecule has 3 aromatic rings. The number of pyridine rings is 1. The van der Waals surface area contributed by atoms with E-state index in [9.17, 15) is 19.5 Å². The van der Waals surface area contributed by atoms with Crippen LogP contribution >= 0.6 is 0 Å². The molecule has 1 fully saturated rings. The number of H-pyrrole nitrogens is 1. The molecule has 0 unspecified atom stereocenters. The highest BCUT2D eigenvalue weighted by Crippen LogP contribution is 2.42. The SMILES string of the molecule is CCOC(=O)c1[nH]c(C)c(/C(O)=C2\C(=O)C(=O)N(Cc3cccnc3)[C@H]2c2ccc(C(C)C)cc2)c1C. The molecule has 2 aromatic heterocycles. The molecule has 3 heterocycles. The van der Waals surface area contributed by atoms with Crippen LogP contribution in [-0.4, -0.2) is 44.2 Å². The number of aromatic amines is 1. The van der Waals surface area contributed by atoms with E-state index in [1.807, 2.05) is 30.3 Å². The zero-order valence-corrected chi connectivity index (χ0v) is 21.7. The van der Waals surface area contributed by atoms with Gasteiger partial charge >= 0.3 is 5.97 Å². The van der Waals surface area contributed by atoms with Crippen LogP contribution in [-0.2, 0) is 20.9 Å². The number of Topliss-reactive ketones (excluding diaryl/α,β-unsaturated/α-hetero) is 1. The molecular formula is C29H31N3O5. The minimum atomic E-state index is -0.818. The summed E-state index contributed by atoms with van der Waals surface area (Å²) in [5.74, 6) is -2.06. The average molecular weight is 502 g/mol. The van der Waals surface area contributed by atoms with Gasteiger partial charge in [0.1, 0.15) is 11.5 Å². The first-order valence-electron chi connectivity index (χ1n) is 12.3. The van der Waals surface area contributed by atoms with Gasteiger partial charge in [0, 0.05) is 30.2 Å². The summed E-state index contributed by atoms with van der Waals surface area (Å²) >= 11 is 0. The Morgan fingerprint density at radius 1 is 1.16 bits per heavy atom. The van der Waals surface area contributed by atoms with Crippen molar-refractivity contribution in [2.75, 3.05) is 6.61 Å². The van der Waals surface area contributed by atoms with Crippen LogP contribution in [0.4, 0.5) is 0 Å². The first-order chi connectivity index (χ1) is 17.6. The second kappa shape index (κ2) is 10.4. The standard InChI is InChI=1S/C29H31N3O5/c1-6-37-29(36)24-17(4)22(18(5)31-24)26(33)23-25(21-11-9-20(10-12-21)16(2)3)32(28(35)27(23)34)15-19-8-7-13-30-14-19/h7-14,16,25,31,33H,6,15H2,1-5H3/b26-23+/t25-/m0/s1. The lowest BCUT2D eigenvalue weighted by atomic mass is 9.92. The Balaban J connectivity index is 1.89. The minimum Gasteiger partial charge on any atom is -0.507 e. The Labute approximate surface area is 216 Å². The van der Waals surface area contributed by atoms with E-state index >= 15 is 0 Å². The second-order valence-electron chi connectivity index (χ2n) is 9.46. The lowest BCUT2D eigenvalue weighted by Gasteiger charge is -2.25. The number of esters is 1. The molecule has 8 heteroatoms. The first-order valence-corrected chi connectivity index (χ1v) is 12.3. The third-order valence-corrected chi connectivity index (χ3v) is 6.69. The van der Waals surface area contributed by atoms with E-state index in [1.54, 1.807) is 39.2 Å². The van der Waals surface area contributed by atoms with Gasteiger partial charge in [0.15, 0.2) is 0 Å². The van der Waals surface area contributed by atoms with Gasteiger partial charge < -0.3 is 19.7 Å². The predicted molar refractivity (Wildman–Crippen MR) is 139 cm³/mol. The van der Waals surface area contributed by atoms with Crippen molar-refractivity contribution in [1.29, 1.82) is 0 Å². The maximum atomic E-state index is 13.4. The molecule has 4 rings (SSSR count). The highest BCUT2D eigenvalue weighted by atomic mass is 16.5. The summed E-state index contributed by atoms with van der Waals surface area (Å²) in [6, 6.07) is 10.5. The second-order valence-corrected chi connectivity index (χ2v) is 9.46. The van der Waals surface area contributed by atoms with E-state index in [2.05, 4.69) is 23.8 Å². The molecule has 0 saturated carbocycles. The number of nitrogens with one attached hydrogen (secondary N) is 1. The number of amides is 1. The van der Waals surface area contributed by atoms with Crippen molar-refractivity contribution in [2.24, 2.45) is 0 Å². The van der Waals surface area contributed by atoms with Crippen molar-refractivity contribution in [3.8, 4) is 0 Å². The van der Waals surface area contributed by atoms with Crippen LogP contribution in [0, 0.1) is 13.8 Å². The molecule has 1 aliphatic heterocycles. The van der Waals surface area contributed by atoms with Crippen LogP contribution < -0.4 is 0 Å². The summed E-state index contributed by atoms with van der Waals surface area (Å²) in [4.78, 5) is 47.7. The lowest BCUT2D eigenvalue weighted by Crippen LogP contribution is -2.29. The Kier molecular flexibility index (Phi) is 7.29. The molecule has 1 saturated heterocycles. The molecule has 0 aliphatic carbocycles. The molecule has 37 heavy (non-hydrogen) atoms. The third-order valence-electron chi connectivity index (χ3n) is 6.69. The fraction of sp³-hybridized carbons (Fsp3) is 0.310. The van der Waals surface area contributed by atoms with Crippen molar-refractivity contribution in [1.82, 2.24) is 14.9 Å². The van der Waals surface area contributed by atoms with Gasteiger partial charge in [-0.2, -0.15) is 0 Å². The molecule has 0 bridgehead atoms. The number of nitrogens with zero attached hydrogens (tertiary/aromatic N) is 2. The van der Waals surface area contributed by atoms with Gasteiger partial charge in [-0.1, -0.05) is 44.2 Å². The molecule has 1 aliphatic rings.